The van der Waals surface area contributed by atoms with Crippen LogP contribution in [0.3, 0.4) is 0 Å². The first kappa shape index (κ1) is 15.9. The molecule has 0 unspecified atom stereocenters. The minimum Gasteiger partial charge on any atom is -0.495 e. The van der Waals surface area contributed by atoms with Crippen molar-refractivity contribution in [3.8, 4) is 5.75 Å². The Morgan fingerprint density at radius 2 is 2.10 bits per heavy atom. The van der Waals surface area contributed by atoms with Crippen molar-refractivity contribution in [1.82, 2.24) is 0 Å². The highest BCUT2D eigenvalue weighted by atomic mass is 79.9. The van der Waals surface area contributed by atoms with E-state index in [4.69, 9.17) is 14.9 Å². The molecular formula is C13H15BrN2O4S. The zero-order valence-corrected chi connectivity index (χ0v) is 13.9. The SMILES string of the molecule is COc1ccc(Br)cc1NS(=O)(=O)c1cc(CN)oc1C. The summed E-state index contributed by atoms with van der Waals surface area (Å²) in [7, 11) is -2.31. The molecule has 0 atom stereocenters. The third-order valence-corrected chi connectivity index (χ3v) is 4.79. The first-order valence-electron chi connectivity index (χ1n) is 6.03. The third kappa shape index (κ3) is 3.39. The van der Waals surface area contributed by atoms with Gasteiger partial charge in [-0.1, -0.05) is 15.9 Å². The molecule has 1 heterocycles. The monoisotopic (exact) mass is 374 g/mol. The molecule has 3 N–H and O–H groups in total. The fraction of sp³-hybridized carbons (Fsp3) is 0.231. The average Bonchev–Trinajstić information content (AvgIpc) is 2.81. The Morgan fingerprint density at radius 1 is 1.38 bits per heavy atom. The normalized spacial score (nSPS) is 11.4. The number of furan rings is 1. The maximum absolute atomic E-state index is 12.4. The Balaban J connectivity index is 2.41. The predicted molar refractivity (Wildman–Crippen MR) is 82.8 cm³/mol. The zero-order valence-electron chi connectivity index (χ0n) is 11.5. The van der Waals surface area contributed by atoms with Gasteiger partial charge in [0.2, 0.25) is 0 Å². The molecule has 0 aliphatic heterocycles. The van der Waals surface area contributed by atoms with E-state index < -0.39 is 10.0 Å². The quantitative estimate of drug-likeness (QED) is 0.838. The van der Waals surface area contributed by atoms with Gasteiger partial charge in [0, 0.05) is 10.5 Å². The van der Waals surface area contributed by atoms with E-state index in [1.807, 2.05) is 0 Å². The number of sulfonamides is 1. The van der Waals surface area contributed by atoms with Crippen molar-refractivity contribution in [1.29, 1.82) is 0 Å². The number of anilines is 1. The van der Waals surface area contributed by atoms with Gasteiger partial charge in [0.25, 0.3) is 10.0 Å². The number of aryl methyl sites for hydroxylation is 1. The molecule has 0 spiro atoms. The summed E-state index contributed by atoms with van der Waals surface area (Å²) < 4.78 is 38.5. The summed E-state index contributed by atoms with van der Waals surface area (Å²) in [6.45, 7) is 1.71. The van der Waals surface area contributed by atoms with E-state index in [0.717, 1.165) is 4.47 Å². The van der Waals surface area contributed by atoms with Gasteiger partial charge >= 0.3 is 0 Å². The number of methoxy groups -OCH3 is 1. The molecule has 0 fully saturated rings. The van der Waals surface area contributed by atoms with Crippen molar-refractivity contribution in [2.24, 2.45) is 5.73 Å². The van der Waals surface area contributed by atoms with Crippen LogP contribution in [0.5, 0.6) is 5.75 Å². The van der Waals surface area contributed by atoms with Crippen molar-refractivity contribution in [2.45, 2.75) is 18.4 Å². The smallest absolute Gasteiger partial charge is 0.265 e. The number of halogens is 1. The van der Waals surface area contributed by atoms with Crippen LogP contribution in [-0.4, -0.2) is 15.5 Å². The molecule has 0 radical (unpaired) electrons. The largest absolute Gasteiger partial charge is 0.495 e. The van der Waals surface area contributed by atoms with E-state index in [2.05, 4.69) is 20.7 Å². The Morgan fingerprint density at radius 3 is 2.67 bits per heavy atom. The molecular weight excluding hydrogens is 360 g/mol. The Bertz CT molecular complexity index is 756. The van der Waals surface area contributed by atoms with Gasteiger partial charge in [0.15, 0.2) is 0 Å². The second kappa shape index (κ2) is 6.08. The van der Waals surface area contributed by atoms with Gasteiger partial charge in [-0.2, -0.15) is 0 Å². The van der Waals surface area contributed by atoms with Gasteiger partial charge in [0.05, 0.1) is 19.3 Å². The summed E-state index contributed by atoms with van der Waals surface area (Å²) in [6, 6.07) is 6.46. The molecule has 114 valence electrons. The standard InChI is InChI=1S/C13H15BrN2O4S/c1-8-13(6-10(7-15)20-8)21(17,18)16-11-5-9(14)3-4-12(11)19-2/h3-6,16H,7,15H2,1-2H3. The van der Waals surface area contributed by atoms with E-state index in [0.29, 0.717) is 17.2 Å². The third-order valence-electron chi connectivity index (χ3n) is 2.82. The lowest BCUT2D eigenvalue weighted by Gasteiger charge is -2.11. The van der Waals surface area contributed by atoms with Gasteiger partial charge in [-0.15, -0.1) is 0 Å². The van der Waals surface area contributed by atoms with E-state index in [-0.39, 0.29) is 17.2 Å². The topological polar surface area (TPSA) is 94.6 Å². The maximum atomic E-state index is 12.4. The highest BCUT2D eigenvalue weighted by Crippen LogP contribution is 2.31. The van der Waals surface area contributed by atoms with E-state index >= 15 is 0 Å². The molecule has 0 saturated carbocycles. The molecule has 2 aromatic rings. The van der Waals surface area contributed by atoms with Crippen molar-refractivity contribution in [2.75, 3.05) is 11.8 Å². The van der Waals surface area contributed by atoms with Gasteiger partial charge in [-0.3, -0.25) is 4.72 Å². The van der Waals surface area contributed by atoms with Crippen LogP contribution >= 0.6 is 15.9 Å². The zero-order chi connectivity index (χ0) is 15.6. The number of benzene rings is 1. The lowest BCUT2D eigenvalue weighted by Crippen LogP contribution is -2.14. The first-order chi connectivity index (χ1) is 9.87. The summed E-state index contributed by atoms with van der Waals surface area (Å²) in [6.07, 6.45) is 0. The lowest BCUT2D eigenvalue weighted by molar-refractivity contribution is 0.417. The number of hydrogen-bond donors (Lipinski definition) is 2. The van der Waals surface area contributed by atoms with Crippen LogP contribution in [0.25, 0.3) is 0 Å². The molecule has 0 aliphatic carbocycles. The Kier molecular flexibility index (Phi) is 4.60. The molecule has 21 heavy (non-hydrogen) atoms. The number of nitrogens with one attached hydrogen (secondary N) is 1. The van der Waals surface area contributed by atoms with Crippen molar-refractivity contribution >= 4 is 31.6 Å². The number of nitrogens with two attached hydrogens (primary N) is 1. The fourth-order valence-corrected chi connectivity index (χ4v) is 3.48. The summed E-state index contributed by atoms with van der Waals surface area (Å²) in [5.74, 6) is 1.12. The fourth-order valence-electron chi connectivity index (χ4n) is 1.85. The summed E-state index contributed by atoms with van der Waals surface area (Å²) in [5.41, 5.74) is 5.79. The predicted octanol–water partition coefficient (Wildman–Crippen LogP) is 2.62. The number of rotatable bonds is 5. The summed E-state index contributed by atoms with van der Waals surface area (Å²) in [5, 5.41) is 0. The van der Waals surface area contributed by atoms with Crippen LogP contribution in [0.2, 0.25) is 0 Å². The van der Waals surface area contributed by atoms with Crippen LogP contribution in [0.15, 0.2) is 38.1 Å². The molecule has 6 nitrogen and oxygen atoms in total. The van der Waals surface area contributed by atoms with Crippen molar-refractivity contribution in [3.05, 3.63) is 40.3 Å². The van der Waals surface area contributed by atoms with Crippen LogP contribution in [0.1, 0.15) is 11.5 Å². The van der Waals surface area contributed by atoms with Crippen LogP contribution < -0.4 is 15.2 Å². The number of hydrogen-bond acceptors (Lipinski definition) is 5. The molecule has 0 bridgehead atoms. The van der Waals surface area contributed by atoms with E-state index in [9.17, 15) is 8.42 Å². The van der Waals surface area contributed by atoms with Crippen LogP contribution in [0, 0.1) is 6.92 Å². The minimum absolute atomic E-state index is 0.0602. The average molecular weight is 375 g/mol. The van der Waals surface area contributed by atoms with Crippen LogP contribution in [0.4, 0.5) is 5.69 Å². The van der Waals surface area contributed by atoms with Gasteiger partial charge in [-0.25, -0.2) is 8.42 Å². The Labute approximate surface area is 131 Å². The molecule has 0 aliphatic rings. The molecule has 2 rings (SSSR count). The molecule has 0 saturated heterocycles. The van der Waals surface area contributed by atoms with Gasteiger partial charge < -0.3 is 14.9 Å². The van der Waals surface area contributed by atoms with Crippen LogP contribution in [-0.2, 0) is 16.6 Å². The van der Waals surface area contributed by atoms with E-state index in [1.54, 1.807) is 25.1 Å². The summed E-state index contributed by atoms with van der Waals surface area (Å²) >= 11 is 3.29. The molecule has 8 heteroatoms. The van der Waals surface area contributed by atoms with E-state index in [1.165, 1.54) is 13.2 Å². The first-order valence-corrected chi connectivity index (χ1v) is 8.30. The number of ether oxygens (including phenoxy) is 1. The minimum atomic E-state index is -3.78. The van der Waals surface area contributed by atoms with Crippen molar-refractivity contribution < 1.29 is 17.6 Å². The summed E-state index contributed by atoms with van der Waals surface area (Å²) in [4.78, 5) is 0.0602. The molecule has 1 aromatic heterocycles. The second-order valence-electron chi connectivity index (χ2n) is 4.29. The maximum Gasteiger partial charge on any atom is 0.265 e. The molecule has 0 amide bonds. The molecule has 1 aromatic carbocycles. The Hall–Kier alpha value is -1.51. The van der Waals surface area contributed by atoms with Gasteiger partial charge in [0.1, 0.15) is 22.2 Å². The highest BCUT2D eigenvalue weighted by molar-refractivity contribution is 9.10. The highest BCUT2D eigenvalue weighted by Gasteiger charge is 2.22. The van der Waals surface area contributed by atoms with Gasteiger partial charge in [-0.05, 0) is 25.1 Å². The lowest BCUT2D eigenvalue weighted by atomic mass is 10.3. The van der Waals surface area contributed by atoms with Crippen molar-refractivity contribution in [3.63, 3.8) is 0 Å². The second-order valence-corrected chi connectivity index (χ2v) is 6.85.